The molecule has 0 spiro atoms. The third-order valence-electron chi connectivity index (χ3n) is 1.77. The van der Waals surface area contributed by atoms with Gasteiger partial charge in [-0.3, -0.25) is 4.79 Å². The molecule has 1 N–H and O–H groups in total. The van der Waals surface area contributed by atoms with Gasteiger partial charge in [-0.05, 0) is 26.0 Å². The first-order chi connectivity index (χ1) is 7.24. The molecule has 0 saturated heterocycles. The van der Waals surface area contributed by atoms with Crippen LogP contribution in [0.2, 0.25) is 0 Å². The second-order valence-electron chi connectivity index (χ2n) is 3.01. The van der Waals surface area contributed by atoms with Gasteiger partial charge in [0.25, 0.3) is 5.91 Å². The molecule has 0 fully saturated rings. The Bertz CT molecular complexity index is 311. The normalized spacial score (nSPS) is 10.0. The summed E-state index contributed by atoms with van der Waals surface area (Å²) in [4.78, 5) is 11.4. The number of ether oxygens (including phenoxy) is 1. The summed E-state index contributed by atoms with van der Waals surface area (Å²) >= 11 is 0. The van der Waals surface area contributed by atoms with E-state index >= 15 is 0 Å². The maximum absolute atomic E-state index is 11.4. The van der Waals surface area contributed by atoms with Gasteiger partial charge < -0.3 is 10.1 Å². The fourth-order valence-electron chi connectivity index (χ4n) is 0.992. The molecule has 0 bridgehead atoms. The van der Waals surface area contributed by atoms with Gasteiger partial charge in [0, 0.05) is 13.2 Å². The first kappa shape index (κ1) is 11.6. The molecular formula is C10H15N3O2. The number of nitrogens with one attached hydrogen (secondary N) is 1. The van der Waals surface area contributed by atoms with Crippen LogP contribution in [0.1, 0.15) is 23.1 Å². The van der Waals surface area contributed by atoms with Gasteiger partial charge in [0.05, 0.1) is 12.3 Å². The second kappa shape index (κ2) is 6.08. The van der Waals surface area contributed by atoms with Crippen molar-refractivity contribution >= 4 is 5.91 Å². The Labute approximate surface area is 88.9 Å². The second-order valence-corrected chi connectivity index (χ2v) is 3.01. The number of aromatic nitrogens is 2. The average molecular weight is 209 g/mol. The smallest absolute Gasteiger partial charge is 0.271 e. The molecule has 1 aromatic heterocycles. The maximum atomic E-state index is 11.4. The van der Waals surface area contributed by atoms with Crippen molar-refractivity contribution in [2.75, 3.05) is 19.8 Å². The van der Waals surface area contributed by atoms with Crippen LogP contribution < -0.4 is 5.32 Å². The SMILES string of the molecule is CCOCCNC(=O)c1ccc(C)nn1. The molecule has 0 saturated carbocycles. The topological polar surface area (TPSA) is 64.1 Å². The van der Waals surface area contributed by atoms with E-state index in [2.05, 4.69) is 15.5 Å². The Kier molecular flexibility index (Phi) is 4.70. The van der Waals surface area contributed by atoms with E-state index in [0.29, 0.717) is 25.5 Å². The van der Waals surface area contributed by atoms with Crippen molar-refractivity contribution < 1.29 is 9.53 Å². The molecule has 5 heteroatoms. The molecule has 1 heterocycles. The fraction of sp³-hybridized carbons (Fsp3) is 0.500. The Morgan fingerprint density at radius 2 is 2.27 bits per heavy atom. The lowest BCUT2D eigenvalue weighted by molar-refractivity contribution is 0.0916. The third-order valence-corrected chi connectivity index (χ3v) is 1.77. The highest BCUT2D eigenvalue weighted by atomic mass is 16.5. The van der Waals surface area contributed by atoms with E-state index in [0.717, 1.165) is 5.69 Å². The first-order valence-corrected chi connectivity index (χ1v) is 4.90. The molecule has 0 radical (unpaired) electrons. The summed E-state index contributed by atoms with van der Waals surface area (Å²) in [5, 5.41) is 10.3. The van der Waals surface area contributed by atoms with Crippen LogP contribution in [0.4, 0.5) is 0 Å². The molecule has 5 nitrogen and oxygen atoms in total. The van der Waals surface area contributed by atoms with E-state index in [1.54, 1.807) is 12.1 Å². The molecule has 1 rings (SSSR count). The predicted octanol–water partition coefficient (Wildman–Crippen LogP) is 0.551. The van der Waals surface area contributed by atoms with Gasteiger partial charge >= 0.3 is 0 Å². The molecule has 0 aliphatic rings. The fourth-order valence-corrected chi connectivity index (χ4v) is 0.992. The van der Waals surface area contributed by atoms with Crippen LogP contribution in [0.5, 0.6) is 0 Å². The Morgan fingerprint density at radius 3 is 2.87 bits per heavy atom. The largest absolute Gasteiger partial charge is 0.380 e. The first-order valence-electron chi connectivity index (χ1n) is 4.90. The van der Waals surface area contributed by atoms with E-state index in [1.165, 1.54) is 0 Å². The van der Waals surface area contributed by atoms with Gasteiger partial charge in [-0.1, -0.05) is 0 Å². The van der Waals surface area contributed by atoms with Crippen LogP contribution in [-0.4, -0.2) is 35.9 Å². The third kappa shape index (κ3) is 4.03. The predicted molar refractivity (Wildman–Crippen MR) is 55.6 cm³/mol. The van der Waals surface area contributed by atoms with E-state index < -0.39 is 0 Å². The zero-order valence-corrected chi connectivity index (χ0v) is 8.99. The van der Waals surface area contributed by atoms with E-state index in [4.69, 9.17) is 4.74 Å². The number of rotatable bonds is 5. The van der Waals surface area contributed by atoms with Crippen LogP contribution in [-0.2, 0) is 4.74 Å². The number of hydrogen-bond acceptors (Lipinski definition) is 4. The number of hydrogen-bond donors (Lipinski definition) is 1. The van der Waals surface area contributed by atoms with Gasteiger partial charge in [-0.25, -0.2) is 0 Å². The molecule has 0 atom stereocenters. The van der Waals surface area contributed by atoms with Gasteiger partial charge in [0.1, 0.15) is 0 Å². The van der Waals surface area contributed by atoms with Gasteiger partial charge in [-0.15, -0.1) is 5.10 Å². The van der Waals surface area contributed by atoms with Gasteiger partial charge in [0.15, 0.2) is 5.69 Å². The number of nitrogens with zero attached hydrogens (tertiary/aromatic N) is 2. The molecular weight excluding hydrogens is 194 g/mol. The number of amides is 1. The molecule has 0 aliphatic heterocycles. The van der Waals surface area contributed by atoms with Crippen LogP contribution in [0, 0.1) is 6.92 Å². The lowest BCUT2D eigenvalue weighted by Crippen LogP contribution is -2.28. The maximum Gasteiger partial charge on any atom is 0.271 e. The Morgan fingerprint density at radius 1 is 1.47 bits per heavy atom. The average Bonchev–Trinajstić information content (AvgIpc) is 2.25. The van der Waals surface area contributed by atoms with Crippen molar-refractivity contribution in [3.05, 3.63) is 23.5 Å². The van der Waals surface area contributed by atoms with Crippen LogP contribution >= 0.6 is 0 Å². The summed E-state index contributed by atoms with van der Waals surface area (Å²) in [7, 11) is 0. The van der Waals surface area contributed by atoms with Gasteiger partial charge in [-0.2, -0.15) is 5.10 Å². The summed E-state index contributed by atoms with van der Waals surface area (Å²) in [6.45, 7) is 5.39. The minimum atomic E-state index is -0.220. The minimum absolute atomic E-state index is 0.220. The Hall–Kier alpha value is -1.49. The quantitative estimate of drug-likeness (QED) is 0.719. The molecule has 15 heavy (non-hydrogen) atoms. The number of aryl methyl sites for hydroxylation is 1. The van der Waals surface area contributed by atoms with E-state index in [1.807, 2.05) is 13.8 Å². The lowest BCUT2D eigenvalue weighted by atomic mass is 10.3. The number of carbonyl (C=O) groups is 1. The van der Waals surface area contributed by atoms with Crippen molar-refractivity contribution in [2.24, 2.45) is 0 Å². The molecule has 0 unspecified atom stereocenters. The molecule has 0 aliphatic carbocycles. The molecule has 82 valence electrons. The number of carbonyl (C=O) groups excluding carboxylic acids is 1. The minimum Gasteiger partial charge on any atom is -0.380 e. The highest BCUT2D eigenvalue weighted by Gasteiger charge is 2.05. The van der Waals surface area contributed by atoms with E-state index in [-0.39, 0.29) is 5.91 Å². The van der Waals surface area contributed by atoms with Crippen molar-refractivity contribution in [1.29, 1.82) is 0 Å². The zero-order chi connectivity index (χ0) is 11.1. The summed E-state index contributed by atoms with van der Waals surface area (Å²) in [6, 6.07) is 3.41. The van der Waals surface area contributed by atoms with Crippen molar-refractivity contribution in [3.8, 4) is 0 Å². The lowest BCUT2D eigenvalue weighted by Gasteiger charge is -2.03. The molecule has 1 amide bonds. The van der Waals surface area contributed by atoms with Crippen LogP contribution in [0.15, 0.2) is 12.1 Å². The molecule has 0 aromatic carbocycles. The van der Waals surface area contributed by atoms with E-state index in [9.17, 15) is 4.79 Å². The standard InChI is InChI=1S/C10H15N3O2/c1-3-15-7-6-11-10(14)9-5-4-8(2)12-13-9/h4-5H,3,6-7H2,1-2H3,(H,11,14). The summed E-state index contributed by atoms with van der Waals surface area (Å²) in [5.74, 6) is -0.220. The van der Waals surface area contributed by atoms with Gasteiger partial charge in [0.2, 0.25) is 0 Å². The van der Waals surface area contributed by atoms with Crippen LogP contribution in [0.3, 0.4) is 0 Å². The Balaban J connectivity index is 2.37. The van der Waals surface area contributed by atoms with Crippen molar-refractivity contribution in [2.45, 2.75) is 13.8 Å². The highest BCUT2D eigenvalue weighted by molar-refractivity contribution is 5.91. The van der Waals surface area contributed by atoms with Crippen molar-refractivity contribution in [3.63, 3.8) is 0 Å². The summed E-state index contributed by atoms with van der Waals surface area (Å²) in [6.07, 6.45) is 0. The molecule has 1 aromatic rings. The van der Waals surface area contributed by atoms with Crippen molar-refractivity contribution in [1.82, 2.24) is 15.5 Å². The zero-order valence-electron chi connectivity index (χ0n) is 8.99. The summed E-state index contributed by atoms with van der Waals surface area (Å²) < 4.78 is 5.09. The monoisotopic (exact) mass is 209 g/mol. The highest BCUT2D eigenvalue weighted by Crippen LogP contribution is 1.94. The summed E-state index contributed by atoms with van der Waals surface area (Å²) in [5.41, 5.74) is 1.12. The van der Waals surface area contributed by atoms with Crippen LogP contribution in [0.25, 0.3) is 0 Å².